The van der Waals surface area contributed by atoms with Gasteiger partial charge < -0.3 is 18.9 Å². The van der Waals surface area contributed by atoms with Crippen LogP contribution in [0.3, 0.4) is 0 Å². The Bertz CT molecular complexity index is 311. The number of Topliss-reactive ketones (excluding diaryl/α,β-unsaturated/α-hetero) is 2. The first-order valence-electron chi connectivity index (χ1n) is 7.69. The molecule has 0 bridgehead atoms. The summed E-state index contributed by atoms with van der Waals surface area (Å²) >= 11 is 0. The minimum Gasteiger partial charge on any atom is -0.353 e. The van der Waals surface area contributed by atoms with Crippen molar-refractivity contribution in [3.05, 3.63) is 0 Å². The maximum Gasteiger partial charge on any atom is 0.168 e. The van der Waals surface area contributed by atoms with Crippen molar-refractivity contribution < 1.29 is 28.5 Å². The first-order chi connectivity index (χ1) is 10.4. The van der Waals surface area contributed by atoms with E-state index in [2.05, 4.69) is 0 Å². The van der Waals surface area contributed by atoms with Crippen molar-refractivity contribution in [3.63, 3.8) is 0 Å². The molecule has 2 fully saturated rings. The maximum absolute atomic E-state index is 10.9. The summed E-state index contributed by atoms with van der Waals surface area (Å²) in [6.45, 7) is 0. The van der Waals surface area contributed by atoms with Crippen LogP contribution in [-0.4, -0.2) is 51.6 Å². The Labute approximate surface area is 132 Å². The van der Waals surface area contributed by atoms with Gasteiger partial charge in [0.05, 0.1) is 0 Å². The lowest BCUT2D eigenvalue weighted by atomic mass is 9.93. The molecule has 0 spiro atoms. The molecule has 2 aliphatic carbocycles. The largest absolute Gasteiger partial charge is 0.353 e. The van der Waals surface area contributed by atoms with Gasteiger partial charge in [-0.25, -0.2) is 0 Å². The van der Waals surface area contributed by atoms with Gasteiger partial charge in [-0.1, -0.05) is 0 Å². The number of rotatable bonds is 4. The third-order valence-corrected chi connectivity index (χ3v) is 4.63. The summed E-state index contributed by atoms with van der Waals surface area (Å²) in [7, 11) is 6.50. The third kappa shape index (κ3) is 5.12. The predicted octanol–water partition coefficient (Wildman–Crippen LogP) is 2.24. The average Bonchev–Trinajstić information content (AvgIpc) is 2.58. The van der Waals surface area contributed by atoms with Gasteiger partial charge >= 0.3 is 0 Å². The lowest BCUT2D eigenvalue weighted by Crippen LogP contribution is -2.38. The Morgan fingerprint density at radius 1 is 0.591 bits per heavy atom. The van der Waals surface area contributed by atoms with Gasteiger partial charge in [-0.05, 0) is 0 Å². The van der Waals surface area contributed by atoms with E-state index in [1.807, 2.05) is 0 Å². The molecule has 128 valence electrons. The molecule has 2 saturated carbocycles. The highest BCUT2D eigenvalue weighted by Crippen LogP contribution is 2.30. The summed E-state index contributed by atoms with van der Waals surface area (Å²) in [5, 5.41) is 0. The van der Waals surface area contributed by atoms with Crippen LogP contribution in [-0.2, 0) is 28.5 Å². The fourth-order valence-electron chi connectivity index (χ4n) is 2.80. The summed E-state index contributed by atoms with van der Waals surface area (Å²) in [5.74, 6) is -0.327. The van der Waals surface area contributed by atoms with Crippen molar-refractivity contribution >= 4 is 11.6 Å². The van der Waals surface area contributed by atoms with E-state index in [9.17, 15) is 9.59 Å². The highest BCUT2D eigenvalue weighted by atomic mass is 16.7. The molecule has 6 heteroatoms. The molecule has 0 aromatic rings. The molecule has 0 radical (unpaired) electrons. The Morgan fingerprint density at radius 2 is 0.818 bits per heavy atom. The molecule has 0 N–H and O–H groups in total. The number of methoxy groups -OCH3 is 4. The smallest absolute Gasteiger partial charge is 0.168 e. The molecule has 0 amide bonds. The van der Waals surface area contributed by atoms with Crippen LogP contribution < -0.4 is 0 Å². The lowest BCUT2D eigenvalue weighted by molar-refractivity contribution is -0.221. The Hall–Kier alpha value is -0.820. The molecular weight excluding hydrogens is 288 g/mol. The van der Waals surface area contributed by atoms with Crippen LogP contribution in [0.2, 0.25) is 0 Å². The first-order valence-corrected chi connectivity index (χ1v) is 7.69. The molecule has 0 aromatic heterocycles. The molecule has 0 aliphatic heterocycles. The van der Waals surface area contributed by atoms with E-state index in [0.29, 0.717) is 62.9 Å². The second kappa shape index (κ2) is 8.72. The Balaban J connectivity index is 0.000000220. The van der Waals surface area contributed by atoms with Gasteiger partial charge in [0.1, 0.15) is 11.6 Å². The van der Waals surface area contributed by atoms with Crippen LogP contribution in [0, 0.1) is 0 Å². The summed E-state index contributed by atoms with van der Waals surface area (Å²) in [6.07, 6.45) is 5.11. The number of hydrogen-bond acceptors (Lipinski definition) is 6. The molecule has 2 aliphatic rings. The molecule has 2 rings (SSSR count). The summed E-state index contributed by atoms with van der Waals surface area (Å²) in [6, 6.07) is 0. The normalized spacial score (nSPS) is 23.6. The van der Waals surface area contributed by atoms with Gasteiger partial charge in [0.25, 0.3) is 0 Å². The summed E-state index contributed by atoms with van der Waals surface area (Å²) < 4.78 is 20.8. The fraction of sp³-hybridized carbons (Fsp3) is 0.875. The molecule has 0 atom stereocenters. The minimum atomic E-state index is -0.478. The van der Waals surface area contributed by atoms with E-state index in [-0.39, 0.29) is 0 Å². The van der Waals surface area contributed by atoms with E-state index in [4.69, 9.17) is 18.9 Å². The number of hydrogen-bond donors (Lipinski definition) is 0. The van der Waals surface area contributed by atoms with E-state index in [0.717, 1.165) is 0 Å². The maximum atomic E-state index is 10.9. The highest BCUT2D eigenvalue weighted by molar-refractivity contribution is 5.79. The second-order valence-corrected chi connectivity index (χ2v) is 5.72. The Morgan fingerprint density at radius 3 is 1.00 bits per heavy atom. The molecular formula is C16H28O6. The molecule has 22 heavy (non-hydrogen) atoms. The quantitative estimate of drug-likeness (QED) is 0.741. The van der Waals surface area contributed by atoms with Crippen molar-refractivity contribution in [1.82, 2.24) is 0 Å². The van der Waals surface area contributed by atoms with Crippen LogP contribution in [0.4, 0.5) is 0 Å². The Kier molecular flexibility index (Phi) is 7.62. The van der Waals surface area contributed by atoms with Gasteiger partial charge in [-0.2, -0.15) is 0 Å². The summed E-state index contributed by atoms with van der Waals surface area (Å²) in [4.78, 5) is 21.7. The van der Waals surface area contributed by atoms with Crippen LogP contribution in [0.25, 0.3) is 0 Å². The predicted molar refractivity (Wildman–Crippen MR) is 80.4 cm³/mol. The van der Waals surface area contributed by atoms with Gasteiger partial charge in [-0.3, -0.25) is 9.59 Å². The molecule has 0 unspecified atom stereocenters. The molecule has 0 saturated heterocycles. The zero-order chi connectivity index (χ0) is 16.6. The van der Waals surface area contributed by atoms with Crippen LogP contribution in [0.1, 0.15) is 51.4 Å². The minimum absolute atomic E-state index is 0.315. The van der Waals surface area contributed by atoms with E-state index in [1.54, 1.807) is 28.4 Å². The van der Waals surface area contributed by atoms with Gasteiger partial charge in [0, 0.05) is 79.8 Å². The van der Waals surface area contributed by atoms with Crippen molar-refractivity contribution in [3.8, 4) is 0 Å². The SMILES string of the molecule is COC1(OC)CCC(=O)CC1.COC1(OC)CCC(=O)CC1. The zero-order valence-corrected chi connectivity index (χ0v) is 14.1. The van der Waals surface area contributed by atoms with Crippen LogP contribution in [0.15, 0.2) is 0 Å². The van der Waals surface area contributed by atoms with Crippen molar-refractivity contribution in [1.29, 1.82) is 0 Å². The van der Waals surface area contributed by atoms with Gasteiger partial charge in [0.15, 0.2) is 11.6 Å². The molecule has 0 heterocycles. The number of carbonyl (C=O) groups excluding carboxylic acids is 2. The van der Waals surface area contributed by atoms with Crippen LogP contribution >= 0.6 is 0 Å². The standard InChI is InChI=1S/2C8H14O3/c2*1-10-8(11-2)5-3-7(9)4-6-8/h2*3-6H2,1-2H3. The zero-order valence-electron chi connectivity index (χ0n) is 14.1. The number of ether oxygens (including phenoxy) is 4. The number of ketones is 2. The first kappa shape index (κ1) is 19.2. The third-order valence-electron chi connectivity index (χ3n) is 4.63. The van der Waals surface area contributed by atoms with Crippen molar-refractivity contribution in [2.45, 2.75) is 62.9 Å². The fourth-order valence-corrected chi connectivity index (χ4v) is 2.80. The van der Waals surface area contributed by atoms with Gasteiger partial charge in [0.2, 0.25) is 0 Å². The monoisotopic (exact) mass is 316 g/mol. The molecule has 0 aromatic carbocycles. The second-order valence-electron chi connectivity index (χ2n) is 5.72. The van der Waals surface area contributed by atoms with Crippen molar-refractivity contribution in [2.75, 3.05) is 28.4 Å². The van der Waals surface area contributed by atoms with E-state index < -0.39 is 11.6 Å². The average molecular weight is 316 g/mol. The topological polar surface area (TPSA) is 71.1 Å². The van der Waals surface area contributed by atoms with E-state index in [1.165, 1.54) is 0 Å². The number of carbonyl (C=O) groups is 2. The summed E-state index contributed by atoms with van der Waals surface area (Å²) in [5.41, 5.74) is 0. The van der Waals surface area contributed by atoms with Crippen LogP contribution in [0.5, 0.6) is 0 Å². The lowest BCUT2D eigenvalue weighted by Gasteiger charge is -2.33. The molecule has 6 nitrogen and oxygen atoms in total. The highest BCUT2D eigenvalue weighted by Gasteiger charge is 2.35. The van der Waals surface area contributed by atoms with E-state index >= 15 is 0 Å². The van der Waals surface area contributed by atoms with Crippen molar-refractivity contribution in [2.24, 2.45) is 0 Å². The van der Waals surface area contributed by atoms with Gasteiger partial charge in [-0.15, -0.1) is 0 Å².